The van der Waals surface area contributed by atoms with Crippen molar-refractivity contribution in [3.63, 3.8) is 0 Å². The molecule has 3 atom stereocenters. The van der Waals surface area contributed by atoms with Gasteiger partial charge in [-0.15, -0.1) is 0 Å². The Kier molecular flexibility index (Phi) is 4.56. The van der Waals surface area contributed by atoms with Crippen LogP contribution >= 0.6 is 11.6 Å². The van der Waals surface area contributed by atoms with Gasteiger partial charge in [-0.05, 0) is 43.4 Å². The molecule has 1 aliphatic heterocycles. The van der Waals surface area contributed by atoms with Gasteiger partial charge < -0.3 is 5.11 Å². The van der Waals surface area contributed by atoms with E-state index in [1.807, 2.05) is 6.07 Å². The smallest absolute Gasteiger partial charge is 0.322 e. The Bertz CT molecular complexity index is 818. The average Bonchev–Trinajstić information content (AvgIpc) is 2.95. The van der Waals surface area contributed by atoms with Crippen molar-refractivity contribution >= 4 is 27.6 Å². The number of halogens is 1. The van der Waals surface area contributed by atoms with Crippen molar-refractivity contribution in [2.24, 2.45) is 5.92 Å². The number of nitrogens with zero attached hydrogens (tertiary/aromatic N) is 2. The van der Waals surface area contributed by atoms with Gasteiger partial charge in [0.25, 0.3) is 0 Å². The minimum Gasteiger partial charge on any atom is -0.480 e. The molecule has 0 bridgehead atoms. The highest BCUT2D eigenvalue weighted by molar-refractivity contribution is 7.89. The normalized spacial score (nSPS) is 27.4. The second-order valence-electron chi connectivity index (χ2n) is 6.29. The van der Waals surface area contributed by atoms with Gasteiger partial charge in [0.1, 0.15) is 17.0 Å². The van der Waals surface area contributed by atoms with Crippen LogP contribution in [-0.4, -0.2) is 35.9 Å². The molecule has 1 saturated carbocycles. The summed E-state index contributed by atoms with van der Waals surface area (Å²) in [6.07, 6.45) is 3.70. The van der Waals surface area contributed by atoms with Gasteiger partial charge in [-0.3, -0.25) is 4.79 Å². The molecule has 0 radical (unpaired) electrons. The third-order valence-electron chi connectivity index (χ3n) is 4.93. The third-order valence-corrected chi connectivity index (χ3v) is 7.16. The van der Waals surface area contributed by atoms with Crippen LogP contribution in [0, 0.1) is 17.2 Å². The fraction of sp³-hybridized carbons (Fsp3) is 0.500. The molecule has 3 rings (SSSR count). The molecule has 2 aliphatic rings. The van der Waals surface area contributed by atoms with Gasteiger partial charge in [-0.1, -0.05) is 24.4 Å². The Hall–Kier alpha value is -1.62. The second-order valence-corrected chi connectivity index (χ2v) is 8.54. The van der Waals surface area contributed by atoms with Crippen molar-refractivity contribution in [1.82, 2.24) is 4.31 Å². The Morgan fingerprint density at radius 2 is 2.04 bits per heavy atom. The predicted molar refractivity (Wildman–Crippen MR) is 87.0 cm³/mol. The molecule has 1 aromatic rings. The molecule has 0 aromatic heterocycles. The molecule has 0 spiro atoms. The number of carboxylic acid groups (broad SMARTS) is 1. The molecule has 1 aliphatic carbocycles. The number of benzene rings is 1. The molecule has 1 aromatic carbocycles. The minimum atomic E-state index is -4.09. The lowest BCUT2D eigenvalue weighted by Gasteiger charge is -2.32. The van der Waals surface area contributed by atoms with E-state index in [1.165, 1.54) is 18.2 Å². The second kappa shape index (κ2) is 6.36. The maximum atomic E-state index is 13.2. The Balaban J connectivity index is 2.10. The van der Waals surface area contributed by atoms with Crippen LogP contribution in [0.2, 0.25) is 5.02 Å². The molecular weight excluding hydrogens is 352 g/mol. The zero-order valence-electron chi connectivity index (χ0n) is 12.9. The summed E-state index contributed by atoms with van der Waals surface area (Å²) in [5.74, 6) is -1.08. The number of rotatable bonds is 3. The molecule has 1 saturated heterocycles. The summed E-state index contributed by atoms with van der Waals surface area (Å²) in [6.45, 7) is 0. The van der Waals surface area contributed by atoms with Gasteiger partial charge in [-0.2, -0.15) is 9.57 Å². The van der Waals surface area contributed by atoms with Gasteiger partial charge >= 0.3 is 5.97 Å². The van der Waals surface area contributed by atoms with Crippen LogP contribution in [0.25, 0.3) is 0 Å². The van der Waals surface area contributed by atoms with E-state index in [2.05, 4.69) is 0 Å². The highest BCUT2D eigenvalue weighted by Crippen LogP contribution is 2.43. The summed E-state index contributed by atoms with van der Waals surface area (Å²) in [6, 6.07) is 4.43. The lowest BCUT2D eigenvalue weighted by atomic mass is 9.85. The molecule has 0 amide bonds. The number of carbonyl (C=O) groups is 1. The Morgan fingerprint density at radius 1 is 1.33 bits per heavy atom. The SMILES string of the molecule is N#Cc1cc(Cl)ccc1S(=O)(=O)N1C(C(=O)O)CC2CCCCC21. The van der Waals surface area contributed by atoms with Crippen LogP contribution in [0.5, 0.6) is 0 Å². The first-order chi connectivity index (χ1) is 11.4. The van der Waals surface area contributed by atoms with Crippen molar-refractivity contribution in [2.75, 3.05) is 0 Å². The van der Waals surface area contributed by atoms with Crippen LogP contribution in [0.3, 0.4) is 0 Å². The standard InChI is InChI=1S/C16H17ClN2O4S/c17-12-5-6-15(11(7-12)9-18)24(22,23)19-13-4-2-1-3-10(13)8-14(19)16(20)21/h5-7,10,13-14H,1-4,8H2,(H,20,21). The highest BCUT2D eigenvalue weighted by atomic mass is 35.5. The van der Waals surface area contributed by atoms with Gasteiger partial charge in [0.2, 0.25) is 10.0 Å². The molecule has 6 nitrogen and oxygen atoms in total. The average molecular weight is 369 g/mol. The number of carboxylic acids is 1. The summed E-state index contributed by atoms with van der Waals surface area (Å²) >= 11 is 5.84. The topological polar surface area (TPSA) is 98.5 Å². The first kappa shape index (κ1) is 17.2. The van der Waals surface area contributed by atoms with Gasteiger partial charge in [0.15, 0.2) is 0 Å². The summed E-state index contributed by atoms with van der Waals surface area (Å²) in [5.41, 5.74) is -0.0640. The van der Waals surface area contributed by atoms with Crippen molar-refractivity contribution in [3.05, 3.63) is 28.8 Å². The summed E-state index contributed by atoms with van der Waals surface area (Å²) in [4.78, 5) is 11.5. The van der Waals surface area contributed by atoms with Crippen LogP contribution in [0.15, 0.2) is 23.1 Å². The zero-order valence-corrected chi connectivity index (χ0v) is 14.4. The maximum absolute atomic E-state index is 13.2. The number of hydrogen-bond donors (Lipinski definition) is 1. The number of fused-ring (bicyclic) bond motifs is 1. The van der Waals surface area contributed by atoms with Crippen LogP contribution in [0.1, 0.15) is 37.7 Å². The van der Waals surface area contributed by atoms with Crippen LogP contribution < -0.4 is 0 Å². The van der Waals surface area contributed by atoms with E-state index >= 15 is 0 Å². The molecule has 128 valence electrons. The highest BCUT2D eigenvalue weighted by Gasteiger charge is 2.51. The van der Waals surface area contributed by atoms with E-state index < -0.39 is 22.0 Å². The van der Waals surface area contributed by atoms with E-state index in [9.17, 15) is 23.6 Å². The lowest BCUT2D eigenvalue weighted by molar-refractivity contribution is -0.141. The van der Waals surface area contributed by atoms with E-state index in [1.54, 1.807) is 0 Å². The molecule has 8 heteroatoms. The number of hydrogen-bond acceptors (Lipinski definition) is 4. The van der Waals surface area contributed by atoms with Gasteiger partial charge in [0.05, 0.1) is 5.56 Å². The van der Waals surface area contributed by atoms with Gasteiger partial charge in [-0.25, -0.2) is 8.42 Å². The number of sulfonamides is 1. The summed E-state index contributed by atoms with van der Waals surface area (Å²) < 4.78 is 27.5. The summed E-state index contributed by atoms with van der Waals surface area (Å²) in [7, 11) is -4.09. The summed E-state index contributed by atoms with van der Waals surface area (Å²) in [5, 5.41) is 19.0. The maximum Gasteiger partial charge on any atom is 0.322 e. The van der Waals surface area contributed by atoms with Crippen molar-refractivity contribution in [3.8, 4) is 6.07 Å². The Labute approximate surface area is 145 Å². The van der Waals surface area contributed by atoms with E-state index in [4.69, 9.17) is 11.6 Å². The monoisotopic (exact) mass is 368 g/mol. The first-order valence-electron chi connectivity index (χ1n) is 7.82. The fourth-order valence-corrected chi connectivity index (χ4v) is 6.07. The van der Waals surface area contributed by atoms with E-state index in [0.717, 1.165) is 23.6 Å². The molecule has 1 heterocycles. The first-order valence-corrected chi connectivity index (χ1v) is 9.64. The van der Waals surface area contributed by atoms with E-state index in [0.29, 0.717) is 12.8 Å². The van der Waals surface area contributed by atoms with Crippen molar-refractivity contribution < 1.29 is 18.3 Å². The predicted octanol–water partition coefficient (Wildman–Crippen LogP) is 2.62. The van der Waals surface area contributed by atoms with Gasteiger partial charge in [0, 0.05) is 11.1 Å². The third kappa shape index (κ3) is 2.79. The molecule has 24 heavy (non-hydrogen) atoms. The van der Waals surface area contributed by atoms with Crippen LogP contribution in [0.4, 0.5) is 0 Å². The molecular formula is C16H17ClN2O4S. The molecule has 1 N–H and O–H groups in total. The van der Waals surface area contributed by atoms with Crippen molar-refractivity contribution in [1.29, 1.82) is 5.26 Å². The fourth-order valence-electron chi connectivity index (χ4n) is 3.90. The largest absolute Gasteiger partial charge is 0.480 e. The Morgan fingerprint density at radius 3 is 2.71 bits per heavy atom. The molecule has 2 fully saturated rings. The lowest BCUT2D eigenvalue weighted by Crippen LogP contribution is -2.46. The number of nitriles is 1. The van der Waals surface area contributed by atoms with E-state index in [-0.39, 0.29) is 27.4 Å². The van der Waals surface area contributed by atoms with Crippen molar-refractivity contribution in [2.45, 2.75) is 49.1 Å². The zero-order chi connectivity index (χ0) is 17.5. The van der Waals surface area contributed by atoms with Crippen LogP contribution in [-0.2, 0) is 14.8 Å². The quantitative estimate of drug-likeness (QED) is 0.884. The number of aliphatic carboxylic acids is 1. The molecule has 3 unspecified atom stereocenters. The minimum absolute atomic E-state index is 0.0625.